The van der Waals surface area contributed by atoms with E-state index in [2.05, 4.69) is 12.2 Å². The Bertz CT molecular complexity index is 355. The van der Waals surface area contributed by atoms with Crippen LogP contribution in [0.15, 0.2) is 24.3 Å². The highest BCUT2D eigenvalue weighted by Crippen LogP contribution is 2.24. The zero-order valence-corrected chi connectivity index (χ0v) is 11.7. The van der Waals surface area contributed by atoms with E-state index in [1.807, 2.05) is 43.3 Å². The molecule has 4 heteroatoms. The molecule has 0 aliphatic heterocycles. The van der Waals surface area contributed by atoms with E-state index in [4.69, 9.17) is 4.74 Å². The fourth-order valence-corrected chi connectivity index (χ4v) is 1.93. The Kier molecular flexibility index (Phi) is 6.12. The summed E-state index contributed by atoms with van der Waals surface area (Å²) in [7, 11) is 5.58. The van der Waals surface area contributed by atoms with Gasteiger partial charge >= 0.3 is 0 Å². The third-order valence-electron chi connectivity index (χ3n) is 2.84. The van der Waals surface area contributed by atoms with Crippen LogP contribution in [0.4, 0.5) is 0 Å². The van der Waals surface area contributed by atoms with Crippen molar-refractivity contribution in [1.29, 1.82) is 0 Å². The molecule has 0 bridgehead atoms. The molecule has 1 unspecified atom stereocenters. The van der Waals surface area contributed by atoms with Crippen molar-refractivity contribution in [3.63, 3.8) is 0 Å². The highest BCUT2D eigenvalue weighted by molar-refractivity contribution is 5.35. The van der Waals surface area contributed by atoms with Crippen LogP contribution in [-0.2, 0) is 0 Å². The molecule has 18 heavy (non-hydrogen) atoms. The summed E-state index contributed by atoms with van der Waals surface area (Å²) >= 11 is 0. The van der Waals surface area contributed by atoms with Crippen LogP contribution in [0.1, 0.15) is 18.5 Å². The second-order valence-electron chi connectivity index (χ2n) is 4.79. The second kappa shape index (κ2) is 7.36. The Hall–Kier alpha value is -1.10. The molecule has 0 spiro atoms. The molecule has 2 N–H and O–H groups in total. The van der Waals surface area contributed by atoms with Crippen molar-refractivity contribution >= 4 is 0 Å². The maximum atomic E-state index is 9.81. The van der Waals surface area contributed by atoms with Gasteiger partial charge in [0.15, 0.2) is 0 Å². The number of ether oxygens (including phenoxy) is 1. The number of hydrogen-bond acceptors (Lipinski definition) is 4. The van der Waals surface area contributed by atoms with Gasteiger partial charge in [-0.05, 0) is 27.1 Å². The summed E-state index contributed by atoms with van der Waals surface area (Å²) in [5.74, 6) is 0.875. The summed E-state index contributed by atoms with van der Waals surface area (Å²) in [6.07, 6.45) is -0.364. The van der Waals surface area contributed by atoms with Crippen LogP contribution in [0.2, 0.25) is 0 Å². The first-order valence-corrected chi connectivity index (χ1v) is 6.23. The van der Waals surface area contributed by atoms with Gasteiger partial charge in [0.2, 0.25) is 0 Å². The monoisotopic (exact) mass is 252 g/mol. The fourth-order valence-electron chi connectivity index (χ4n) is 1.93. The largest absolute Gasteiger partial charge is 0.496 e. The Morgan fingerprint density at radius 3 is 2.61 bits per heavy atom. The van der Waals surface area contributed by atoms with Crippen molar-refractivity contribution in [2.75, 3.05) is 34.3 Å². The van der Waals surface area contributed by atoms with Gasteiger partial charge in [-0.15, -0.1) is 0 Å². The van der Waals surface area contributed by atoms with Crippen molar-refractivity contribution < 1.29 is 9.84 Å². The number of hydrogen-bond donors (Lipinski definition) is 2. The zero-order chi connectivity index (χ0) is 13.5. The number of likely N-dealkylation sites (N-methyl/N-ethyl adjacent to an activating group) is 1. The zero-order valence-electron chi connectivity index (χ0n) is 11.7. The first-order chi connectivity index (χ1) is 8.54. The molecule has 4 nitrogen and oxygen atoms in total. The SMILES string of the molecule is COc1ccccc1[C@H](C)NCC(O)CN(C)C. The van der Waals surface area contributed by atoms with E-state index in [0.29, 0.717) is 13.1 Å². The molecule has 0 aliphatic carbocycles. The molecule has 0 aromatic heterocycles. The van der Waals surface area contributed by atoms with Gasteiger partial charge in [-0.25, -0.2) is 0 Å². The van der Waals surface area contributed by atoms with E-state index in [1.165, 1.54) is 0 Å². The number of nitrogens with zero attached hydrogens (tertiary/aromatic N) is 1. The summed E-state index contributed by atoms with van der Waals surface area (Å²) in [4.78, 5) is 1.97. The molecule has 2 atom stereocenters. The van der Waals surface area contributed by atoms with Gasteiger partial charge in [0, 0.05) is 24.7 Å². The van der Waals surface area contributed by atoms with E-state index < -0.39 is 0 Å². The fraction of sp³-hybridized carbons (Fsp3) is 0.571. The standard InChI is InChI=1S/C14H24N2O2/c1-11(15-9-12(17)10-16(2)3)13-7-5-6-8-14(13)18-4/h5-8,11-12,15,17H,9-10H2,1-4H3/t11-,12?/m0/s1. The molecular weight excluding hydrogens is 228 g/mol. The van der Waals surface area contributed by atoms with Crippen LogP contribution in [0.25, 0.3) is 0 Å². The van der Waals surface area contributed by atoms with Crippen LogP contribution in [0, 0.1) is 0 Å². The van der Waals surface area contributed by atoms with E-state index in [9.17, 15) is 5.11 Å². The second-order valence-corrected chi connectivity index (χ2v) is 4.79. The van der Waals surface area contributed by atoms with Gasteiger partial charge in [0.25, 0.3) is 0 Å². The number of aliphatic hydroxyl groups excluding tert-OH is 1. The minimum absolute atomic E-state index is 0.151. The summed E-state index contributed by atoms with van der Waals surface area (Å²) in [5.41, 5.74) is 1.11. The number of aliphatic hydroxyl groups is 1. The minimum Gasteiger partial charge on any atom is -0.496 e. The number of benzene rings is 1. The van der Waals surface area contributed by atoms with Crippen molar-refractivity contribution in [2.45, 2.75) is 19.1 Å². The summed E-state index contributed by atoms with van der Waals surface area (Å²) in [6, 6.07) is 8.08. The highest BCUT2D eigenvalue weighted by atomic mass is 16.5. The lowest BCUT2D eigenvalue weighted by molar-refractivity contribution is 0.132. The Labute approximate surface area is 110 Å². The lowest BCUT2D eigenvalue weighted by atomic mass is 10.1. The number of rotatable bonds is 7. The molecule has 102 valence electrons. The Balaban J connectivity index is 2.52. The van der Waals surface area contributed by atoms with E-state index in [0.717, 1.165) is 11.3 Å². The number of methoxy groups -OCH3 is 1. The van der Waals surface area contributed by atoms with Gasteiger partial charge in [-0.2, -0.15) is 0 Å². The molecule has 0 amide bonds. The van der Waals surface area contributed by atoms with Crippen LogP contribution in [0.3, 0.4) is 0 Å². The summed E-state index contributed by atoms with van der Waals surface area (Å²) < 4.78 is 5.33. The predicted molar refractivity (Wildman–Crippen MR) is 74.0 cm³/mol. The quantitative estimate of drug-likeness (QED) is 0.767. The van der Waals surface area contributed by atoms with Crippen LogP contribution in [0.5, 0.6) is 5.75 Å². The first kappa shape index (κ1) is 15.0. The number of para-hydroxylation sites is 1. The third kappa shape index (κ3) is 4.64. The van der Waals surface area contributed by atoms with Gasteiger partial charge in [0.1, 0.15) is 5.75 Å². The van der Waals surface area contributed by atoms with Crippen molar-refractivity contribution in [3.8, 4) is 5.75 Å². The predicted octanol–water partition coefficient (Wildman–Crippen LogP) is 1.27. The molecular formula is C14H24N2O2. The molecule has 0 saturated carbocycles. The summed E-state index contributed by atoms with van der Waals surface area (Å²) in [5, 5.41) is 13.1. The maximum Gasteiger partial charge on any atom is 0.123 e. The molecule has 0 saturated heterocycles. The average Bonchev–Trinajstić information content (AvgIpc) is 2.35. The van der Waals surface area contributed by atoms with Gasteiger partial charge in [-0.1, -0.05) is 18.2 Å². The molecule has 0 fully saturated rings. The third-order valence-corrected chi connectivity index (χ3v) is 2.84. The molecule has 1 aromatic carbocycles. The topological polar surface area (TPSA) is 44.7 Å². The average molecular weight is 252 g/mol. The van der Waals surface area contributed by atoms with E-state index in [1.54, 1.807) is 7.11 Å². The van der Waals surface area contributed by atoms with E-state index in [-0.39, 0.29) is 12.1 Å². The van der Waals surface area contributed by atoms with Gasteiger partial charge < -0.3 is 20.1 Å². The molecule has 0 heterocycles. The number of nitrogens with one attached hydrogen (secondary N) is 1. The normalized spacial score (nSPS) is 14.6. The van der Waals surface area contributed by atoms with Gasteiger partial charge in [0.05, 0.1) is 13.2 Å². The van der Waals surface area contributed by atoms with Crippen molar-refractivity contribution in [1.82, 2.24) is 10.2 Å². The van der Waals surface area contributed by atoms with Crippen LogP contribution >= 0.6 is 0 Å². The lowest BCUT2D eigenvalue weighted by Gasteiger charge is -2.21. The van der Waals surface area contributed by atoms with Crippen LogP contribution in [-0.4, -0.2) is 50.4 Å². The van der Waals surface area contributed by atoms with Crippen LogP contribution < -0.4 is 10.1 Å². The highest BCUT2D eigenvalue weighted by Gasteiger charge is 2.12. The minimum atomic E-state index is -0.364. The molecule has 0 radical (unpaired) electrons. The molecule has 1 rings (SSSR count). The van der Waals surface area contributed by atoms with E-state index >= 15 is 0 Å². The van der Waals surface area contributed by atoms with Gasteiger partial charge in [-0.3, -0.25) is 0 Å². The van der Waals surface area contributed by atoms with Crippen molar-refractivity contribution in [2.24, 2.45) is 0 Å². The van der Waals surface area contributed by atoms with Crippen molar-refractivity contribution in [3.05, 3.63) is 29.8 Å². The molecule has 0 aliphatic rings. The Morgan fingerprint density at radius 1 is 1.33 bits per heavy atom. The smallest absolute Gasteiger partial charge is 0.123 e. The summed E-state index contributed by atoms with van der Waals surface area (Å²) in [6.45, 7) is 3.29. The first-order valence-electron chi connectivity index (χ1n) is 6.23. The Morgan fingerprint density at radius 2 is 2.00 bits per heavy atom. The lowest BCUT2D eigenvalue weighted by Crippen LogP contribution is -2.36. The maximum absolute atomic E-state index is 9.81. The molecule has 1 aromatic rings.